The maximum atomic E-state index is 12.5. The number of amides is 3. The van der Waals surface area contributed by atoms with Gasteiger partial charge >= 0.3 is 12.0 Å². The van der Waals surface area contributed by atoms with E-state index in [1.54, 1.807) is 21.9 Å². The van der Waals surface area contributed by atoms with Crippen molar-refractivity contribution in [3.8, 4) is 0 Å². The molecule has 0 aromatic heterocycles. The number of carbonyl (C=O) groups excluding carboxylic acids is 2. The summed E-state index contributed by atoms with van der Waals surface area (Å²) < 4.78 is 0. The van der Waals surface area contributed by atoms with Crippen LogP contribution in [0.3, 0.4) is 0 Å². The van der Waals surface area contributed by atoms with Gasteiger partial charge in [-0.2, -0.15) is 0 Å². The van der Waals surface area contributed by atoms with Gasteiger partial charge in [-0.25, -0.2) is 4.79 Å². The number of hydrogen-bond acceptors (Lipinski definition) is 3. The molecule has 0 spiro atoms. The largest absolute Gasteiger partial charge is 0.481 e. The zero-order chi connectivity index (χ0) is 17.6. The predicted molar refractivity (Wildman–Crippen MR) is 91.4 cm³/mol. The van der Waals surface area contributed by atoms with E-state index in [9.17, 15) is 19.5 Å². The molecule has 0 bridgehead atoms. The second kappa shape index (κ2) is 5.75. The first-order chi connectivity index (χ1) is 12.0. The van der Waals surface area contributed by atoms with E-state index in [1.165, 1.54) is 0 Å². The van der Waals surface area contributed by atoms with E-state index in [0.29, 0.717) is 25.1 Å². The number of hydrogen-bond donors (Lipinski definition) is 2. The number of carboxylic acids is 1. The third kappa shape index (κ3) is 2.54. The van der Waals surface area contributed by atoms with Gasteiger partial charge in [0.15, 0.2) is 0 Å². The van der Waals surface area contributed by atoms with E-state index in [0.717, 1.165) is 25.1 Å². The monoisotopic (exact) mass is 343 g/mol. The Balaban J connectivity index is 1.41. The zero-order valence-electron chi connectivity index (χ0n) is 13.9. The highest BCUT2D eigenvalue weighted by molar-refractivity contribution is 5.99. The number of carbonyl (C=O) groups is 3. The molecule has 1 aliphatic carbocycles. The number of benzene rings is 1. The van der Waals surface area contributed by atoms with Gasteiger partial charge in [-0.3, -0.25) is 9.59 Å². The molecule has 25 heavy (non-hydrogen) atoms. The van der Waals surface area contributed by atoms with E-state index in [1.807, 2.05) is 12.1 Å². The smallest absolute Gasteiger partial charge is 0.321 e. The van der Waals surface area contributed by atoms with E-state index in [4.69, 9.17) is 0 Å². The predicted octanol–water partition coefficient (Wildman–Crippen LogP) is 2.14. The van der Waals surface area contributed by atoms with E-state index in [-0.39, 0.29) is 24.4 Å². The topological polar surface area (TPSA) is 90.0 Å². The van der Waals surface area contributed by atoms with Crippen LogP contribution in [-0.4, -0.2) is 47.5 Å². The number of aliphatic carboxylic acids is 1. The molecule has 1 aromatic carbocycles. The molecule has 1 aromatic rings. The number of likely N-dealkylation sites (tertiary alicyclic amines) is 1. The first kappa shape index (κ1) is 15.9. The lowest BCUT2D eigenvalue weighted by molar-refractivity contribution is -0.149. The molecule has 4 rings (SSSR count). The minimum absolute atomic E-state index is 0.0514. The number of urea groups is 1. The average molecular weight is 343 g/mol. The van der Waals surface area contributed by atoms with Crippen molar-refractivity contribution in [1.29, 1.82) is 0 Å². The summed E-state index contributed by atoms with van der Waals surface area (Å²) in [6.45, 7) is 1.51. The van der Waals surface area contributed by atoms with Crippen LogP contribution in [-0.2, 0) is 9.59 Å². The summed E-state index contributed by atoms with van der Waals surface area (Å²) in [5.74, 6) is -0.621. The highest BCUT2D eigenvalue weighted by atomic mass is 16.4. The third-order valence-corrected chi connectivity index (χ3v) is 5.86. The summed E-state index contributed by atoms with van der Waals surface area (Å²) in [5.41, 5.74) is 0.705. The van der Waals surface area contributed by atoms with Gasteiger partial charge in [0.1, 0.15) is 0 Å². The molecule has 2 saturated heterocycles. The first-order valence-electron chi connectivity index (χ1n) is 8.69. The van der Waals surface area contributed by atoms with Gasteiger partial charge in [0.05, 0.1) is 5.41 Å². The molecule has 2 aliphatic heterocycles. The van der Waals surface area contributed by atoms with Gasteiger partial charge in [-0.1, -0.05) is 6.42 Å². The Labute approximate surface area is 145 Å². The fraction of sp³-hybridized carbons (Fsp3) is 0.500. The van der Waals surface area contributed by atoms with Crippen LogP contribution in [0.15, 0.2) is 24.3 Å². The summed E-state index contributed by atoms with van der Waals surface area (Å²) in [6, 6.07) is 6.89. The molecule has 7 nitrogen and oxygen atoms in total. The number of fused-ring (bicyclic) bond motifs is 1. The summed E-state index contributed by atoms with van der Waals surface area (Å²) in [7, 11) is 0. The maximum absolute atomic E-state index is 12.5. The Kier molecular flexibility index (Phi) is 3.67. The Hall–Kier alpha value is -2.57. The summed E-state index contributed by atoms with van der Waals surface area (Å²) >= 11 is 0. The summed E-state index contributed by atoms with van der Waals surface area (Å²) in [5, 5.41) is 12.4. The molecule has 2 N–H and O–H groups in total. The fourth-order valence-electron chi connectivity index (χ4n) is 4.31. The lowest BCUT2D eigenvalue weighted by atomic mass is 9.81. The van der Waals surface area contributed by atoms with Crippen molar-refractivity contribution in [3.05, 3.63) is 24.3 Å². The maximum Gasteiger partial charge on any atom is 0.321 e. The standard InChI is InChI=1S/C18H21N3O4/c22-15-7-9-21(15)14-5-3-13(4-6-14)19-17(25)20-10-12-2-1-8-18(12,11-20)16(23)24/h3-6,12H,1-2,7-11H2,(H,19,25)(H,23,24)/t12-,18+/m0/s1. The van der Waals surface area contributed by atoms with Crippen LogP contribution < -0.4 is 10.2 Å². The Morgan fingerprint density at radius 3 is 2.56 bits per heavy atom. The van der Waals surface area contributed by atoms with E-state index in [2.05, 4.69) is 5.32 Å². The van der Waals surface area contributed by atoms with Crippen LogP contribution in [0.4, 0.5) is 16.2 Å². The normalized spacial score (nSPS) is 27.8. The van der Waals surface area contributed by atoms with Gasteiger partial charge in [0, 0.05) is 37.4 Å². The number of carboxylic acid groups (broad SMARTS) is 1. The lowest BCUT2D eigenvalue weighted by Crippen LogP contribution is -2.43. The molecule has 0 radical (unpaired) electrons. The van der Waals surface area contributed by atoms with Crippen LogP contribution in [0.25, 0.3) is 0 Å². The molecular weight excluding hydrogens is 322 g/mol. The van der Waals surface area contributed by atoms with Crippen molar-refractivity contribution in [3.63, 3.8) is 0 Å². The molecule has 132 valence electrons. The number of nitrogens with zero attached hydrogens (tertiary/aromatic N) is 2. The van der Waals surface area contributed by atoms with E-state index < -0.39 is 11.4 Å². The quantitative estimate of drug-likeness (QED) is 0.823. The lowest BCUT2D eigenvalue weighted by Gasteiger charge is -2.30. The van der Waals surface area contributed by atoms with Gasteiger partial charge in [0.2, 0.25) is 5.91 Å². The van der Waals surface area contributed by atoms with Gasteiger partial charge in [-0.15, -0.1) is 0 Å². The van der Waals surface area contributed by atoms with Crippen molar-refractivity contribution >= 4 is 29.3 Å². The van der Waals surface area contributed by atoms with Gasteiger partial charge in [-0.05, 0) is 43.0 Å². The van der Waals surface area contributed by atoms with Crippen LogP contribution in [0, 0.1) is 11.3 Å². The van der Waals surface area contributed by atoms with E-state index >= 15 is 0 Å². The summed E-state index contributed by atoms with van der Waals surface area (Å²) in [6.07, 6.45) is 3.02. The van der Waals surface area contributed by atoms with Crippen molar-refractivity contribution < 1.29 is 19.5 Å². The average Bonchev–Trinajstić information content (AvgIpc) is 3.13. The van der Waals surface area contributed by atoms with Gasteiger partial charge in [0.25, 0.3) is 0 Å². The zero-order valence-corrected chi connectivity index (χ0v) is 13.9. The van der Waals surface area contributed by atoms with Gasteiger partial charge < -0.3 is 20.2 Å². The molecule has 2 atom stereocenters. The second-order valence-corrected chi connectivity index (χ2v) is 7.20. The molecule has 0 unspecified atom stereocenters. The van der Waals surface area contributed by atoms with Crippen LogP contribution in [0.5, 0.6) is 0 Å². The van der Waals surface area contributed by atoms with Crippen LogP contribution in [0.2, 0.25) is 0 Å². The Bertz CT molecular complexity index is 732. The Morgan fingerprint density at radius 2 is 2.00 bits per heavy atom. The highest BCUT2D eigenvalue weighted by Crippen LogP contribution is 2.48. The molecule has 3 aliphatic rings. The number of rotatable bonds is 3. The number of anilines is 2. The highest BCUT2D eigenvalue weighted by Gasteiger charge is 2.55. The number of nitrogens with one attached hydrogen (secondary N) is 1. The number of β-lactam (4-membered cyclic amide) rings is 1. The second-order valence-electron chi connectivity index (χ2n) is 7.20. The minimum Gasteiger partial charge on any atom is -0.481 e. The molecule has 2 heterocycles. The third-order valence-electron chi connectivity index (χ3n) is 5.86. The van der Waals surface area contributed by atoms with Crippen LogP contribution in [0.1, 0.15) is 25.7 Å². The Morgan fingerprint density at radius 1 is 1.24 bits per heavy atom. The van der Waals surface area contributed by atoms with Crippen molar-refractivity contribution in [2.24, 2.45) is 11.3 Å². The fourth-order valence-corrected chi connectivity index (χ4v) is 4.31. The molecule has 7 heteroatoms. The van der Waals surface area contributed by atoms with Crippen molar-refractivity contribution in [2.45, 2.75) is 25.7 Å². The van der Waals surface area contributed by atoms with Crippen LogP contribution >= 0.6 is 0 Å². The first-order valence-corrected chi connectivity index (χ1v) is 8.69. The molecule has 3 fully saturated rings. The molecule has 3 amide bonds. The summed E-state index contributed by atoms with van der Waals surface area (Å²) in [4.78, 5) is 39.0. The minimum atomic E-state index is -0.783. The molecule has 1 saturated carbocycles. The molecular formula is C18H21N3O4. The SMILES string of the molecule is O=C(Nc1ccc(N2CCC2=O)cc1)N1C[C@@H]2CCC[C@@]2(C(=O)O)C1. The van der Waals surface area contributed by atoms with Crippen molar-refractivity contribution in [1.82, 2.24) is 4.90 Å². The van der Waals surface area contributed by atoms with Crippen molar-refractivity contribution in [2.75, 3.05) is 29.9 Å².